The first kappa shape index (κ1) is 18.9. The first-order chi connectivity index (χ1) is 13.9. The first-order valence-electron chi connectivity index (χ1n) is 8.95. The van der Waals surface area contributed by atoms with Crippen LogP contribution in [0.2, 0.25) is 0 Å². The molecular weight excluding hydrogens is 392 g/mol. The summed E-state index contributed by atoms with van der Waals surface area (Å²) in [6, 6.07) is 11.7. The number of carbonyl (C=O) groups excluding carboxylic acids is 3. The Labute approximate surface area is 170 Å². The van der Waals surface area contributed by atoms with Crippen LogP contribution in [0.25, 0.3) is 10.2 Å². The van der Waals surface area contributed by atoms with E-state index in [4.69, 9.17) is 4.74 Å². The first-order valence-corrected chi connectivity index (χ1v) is 9.77. The van der Waals surface area contributed by atoms with Crippen molar-refractivity contribution in [1.82, 2.24) is 4.98 Å². The third-order valence-corrected chi connectivity index (χ3v) is 5.38. The monoisotopic (exact) mass is 410 g/mol. The Kier molecular flexibility index (Phi) is 4.89. The van der Waals surface area contributed by atoms with Crippen LogP contribution in [0.3, 0.4) is 0 Å². The molecule has 2 heterocycles. The zero-order valence-electron chi connectivity index (χ0n) is 15.8. The fourth-order valence-electron chi connectivity index (χ4n) is 3.12. The third kappa shape index (κ3) is 3.77. The van der Waals surface area contributed by atoms with E-state index in [9.17, 15) is 14.4 Å². The Morgan fingerprint density at radius 2 is 2.00 bits per heavy atom. The standard InChI is InChI=1S/C20H18N4O4S/c1-11(24-15-5-3-4-6-16(15)28-10-18(24)26)19(27)22-13-7-8-14-17(9-13)29-20(23-14)21-12(2)25/h3-9,11H,10H2,1-2H3,(H,22,27)(H,21,23,25). The second kappa shape index (κ2) is 7.51. The van der Waals surface area contributed by atoms with Gasteiger partial charge in [-0.15, -0.1) is 0 Å². The average molecular weight is 410 g/mol. The molecule has 1 aromatic heterocycles. The highest BCUT2D eigenvalue weighted by atomic mass is 32.1. The Morgan fingerprint density at radius 1 is 1.21 bits per heavy atom. The molecule has 148 valence electrons. The smallest absolute Gasteiger partial charge is 0.265 e. The predicted octanol–water partition coefficient (Wildman–Crippen LogP) is 3.01. The van der Waals surface area contributed by atoms with Crippen molar-refractivity contribution in [3.05, 3.63) is 42.5 Å². The van der Waals surface area contributed by atoms with Gasteiger partial charge in [0.25, 0.3) is 5.91 Å². The fraction of sp³-hybridized carbons (Fsp3) is 0.200. The van der Waals surface area contributed by atoms with Gasteiger partial charge in [0, 0.05) is 12.6 Å². The number of thiazole rings is 1. The van der Waals surface area contributed by atoms with Gasteiger partial charge in [0.15, 0.2) is 11.7 Å². The van der Waals surface area contributed by atoms with Crippen molar-refractivity contribution in [3.63, 3.8) is 0 Å². The Hall–Kier alpha value is -3.46. The molecule has 1 atom stereocenters. The molecule has 3 aromatic rings. The van der Waals surface area contributed by atoms with Gasteiger partial charge >= 0.3 is 0 Å². The van der Waals surface area contributed by atoms with Gasteiger partial charge in [0.2, 0.25) is 11.8 Å². The number of aromatic nitrogens is 1. The summed E-state index contributed by atoms with van der Waals surface area (Å²) in [5, 5.41) is 6.01. The van der Waals surface area contributed by atoms with Crippen molar-refractivity contribution in [3.8, 4) is 5.75 Å². The lowest BCUT2D eigenvalue weighted by Crippen LogP contribution is -2.49. The Bertz CT molecular complexity index is 1130. The molecule has 2 aromatic carbocycles. The highest BCUT2D eigenvalue weighted by Crippen LogP contribution is 2.33. The van der Waals surface area contributed by atoms with Crippen molar-refractivity contribution >= 4 is 55.8 Å². The third-order valence-electron chi connectivity index (χ3n) is 4.45. The second-order valence-corrected chi connectivity index (χ2v) is 7.60. The summed E-state index contributed by atoms with van der Waals surface area (Å²) < 4.78 is 6.26. The normalized spacial score (nSPS) is 14.1. The van der Waals surface area contributed by atoms with Crippen LogP contribution in [0.4, 0.5) is 16.5 Å². The second-order valence-electron chi connectivity index (χ2n) is 6.57. The number of hydrogen-bond donors (Lipinski definition) is 2. The van der Waals surface area contributed by atoms with Gasteiger partial charge in [-0.1, -0.05) is 23.5 Å². The molecule has 0 aliphatic carbocycles. The van der Waals surface area contributed by atoms with Gasteiger partial charge in [-0.3, -0.25) is 19.3 Å². The predicted molar refractivity (Wildman–Crippen MR) is 111 cm³/mol. The van der Waals surface area contributed by atoms with E-state index in [0.717, 1.165) is 10.2 Å². The van der Waals surface area contributed by atoms with E-state index in [1.54, 1.807) is 43.3 Å². The van der Waals surface area contributed by atoms with E-state index >= 15 is 0 Å². The summed E-state index contributed by atoms with van der Waals surface area (Å²) in [5.41, 5.74) is 1.88. The van der Waals surface area contributed by atoms with Crippen LogP contribution in [0.5, 0.6) is 5.75 Å². The van der Waals surface area contributed by atoms with Crippen LogP contribution in [0.1, 0.15) is 13.8 Å². The van der Waals surface area contributed by atoms with Crippen molar-refractivity contribution in [2.75, 3.05) is 22.1 Å². The van der Waals surface area contributed by atoms with E-state index in [2.05, 4.69) is 15.6 Å². The highest BCUT2D eigenvalue weighted by Gasteiger charge is 2.32. The molecule has 1 aliphatic rings. The molecular formula is C20H18N4O4S. The summed E-state index contributed by atoms with van der Waals surface area (Å²) in [6.45, 7) is 2.99. The number of rotatable bonds is 4. The maximum atomic E-state index is 12.8. The fourth-order valence-corrected chi connectivity index (χ4v) is 4.07. The van der Waals surface area contributed by atoms with Crippen LogP contribution < -0.4 is 20.3 Å². The number of carbonyl (C=O) groups is 3. The van der Waals surface area contributed by atoms with Crippen molar-refractivity contribution in [2.45, 2.75) is 19.9 Å². The maximum absolute atomic E-state index is 12.8. The van der Waals surface area contributed by atoms with Gasteiger partial charge < -0.3 is 15.4 Å². The minimum Gasteiger partial charge on any atom is -0.482 e. The molecule has 2 N–H and O–H groups in total. The number of amides is 3. The SMILES string of the molecule is CC(=O)Nc1nc2ccc(NC(=O)C(C)N3C(=O)COc4ccccc43)cc2s1. The molecule has 0 bridgehead atoms. The number of hydrogen-bond acceptors (Lipinski definition) is 6. The zero-order chi connectivity index (χ0) is 20.5. The van der Waals surface area contributed by atoms with Gasteiger partial charge in [-0.25, -0.2) is 4.98 Å². The molecule has 0 radical (unpaired) electrons. The molecule has 29 heavy (non-hydrogen) atoms. The van der Waals surface area contributed by atoms with Crippen LogP contribution in [-0.2, 0) is 14.4 Å². The zero-order valence-corrected chi connectivity index (χ0v) is 16.6. The lowest BCUT2D eigenvalue weighted by molar-refractivity contribution is -0.125. The van der Waals surface area contributed by atoms with Crippen molar-refractivity contribution in [1.29, 1.82) is 0 Å². The molecule has 1 unspecified atom stereocenters. The highest BCUT2D eigenvalue weighted by molar-refractivity contribution is 7.22. The van der Waals surface area contributed by atoms with E-state index in [-0.39, 0.29) is 24.3 Å². The largest absolute Gasteiger partial charge is 0.482 e. The van der Waals surface area contributed by atoms with E-state index in [0.29, 0.717) is 22.3 Å². The summed E-state index contributed by atoms with van der Waals surface area (Å²) in [7, 11) is 0. The number of benzene rings is 2. The Morgan fingerprint density at radius 3 is 2.79 bits per heavy atom. The Balaban J connectivity index is 1.54. The minimum atomic E-state index is -0.723. The maximum Gasteiger partial charge on any atom is 0.265 e. The number of nitrogens with zero attached hydrogens (tertiary/aromatic N) is 2. The van der Waals surface area contributed by atoms with E-state index in [1.165, 1.54) is 23.2 Å². The number of nitrogens with one attached hydrogen (secondary N) is 2. The molecule has 8 nitrogen and oxygen atoms in total. The lowest BCUT2D eigenvalue weighted by Gasteiger charge is -2.33. The summed E-state index contributed by atoms with van der Waals surface area (Å²) in [6.07, 6.45) is 0. The quantitative estimate of drug-likeness (QED) is 0.689. The number of ether oxygens (including phenoxy) is 1. The van der Waals surface area contributed by atoms with E-state index in [1.807, 2.05) is 6.07 Å². The molecule has 0 saturated carbocycles. The number of para-hydroxylation sites is 2. The molecule has 0 spiro atoms. The van der Waals surface area contributed by atoms with E-state index < -0.39 is 6.04 Å². The van der Waals surface area contributed by atoms with Crippen molar-refractivity contribution < 1.29 is 19.1 Å². The van der Waals surface area contributed by atoms with Gasteiger partial charge in [0.05, 0.1) is 15.9 Å². The molecule has 1 aliphatic heterocycles. The molecule has 3 amide bonds. The van der Waals surface area contributed by atoms with Crippen LogP contribution >= 0.6 is 11.3 Å². The molecule has 0 fully saturated rings. The van der Waals surface area contributed by atoms with Gasteiger partial charge in [0.1, 0.15) is 11.8 Å². The van der Waals surface area contributed by atoms with Crippen LogP contribution in [-0.4, -0.2) is 35.4 Å². The summed E-state index contributed by atoms with van der Waals surface area (Å²) in [4.78, 5) is 42.2. The number of fused-ring (bicyclic) bond motifs is 2. The minimum absolute atomic E-state index is 0.104. The molecule has 4 rings (SSSR count). The van der Waals surface area contributed by atoms with Crippen LogP contribution in [0, 0.1) is 0 Å². The van der Waals surface area contributed by atoms with Crippen molar-refractivity contribution in [2.24, 2.45) is 0 Å². The summed E-state index contributed by atoms with van der Waals surface area (Å²) in [5.74, 6) is -0.213. The molecule has 9 heteroatoms. The summed E-state index contributed by atoms with van der Waals surface area (Å²) >= 11 is 1.32. The topological polar surface area (TPSA) is 101 Å². The molecule has 0 saturated heterocycles. The van der Waals surface area contributed by atoms with Gasteiger partial charge in [-0.2, -0.15) is 0 Å². The van der Waals surface area contributed by atoms with Crippen LogP contribution in [0.15, 0.2) is 42.5 Å². The lowest BCUT2D eigenvalue weighted by atomic mass is 10.1. The van der Waals surface area contributed by atoms with Gasteiger partial charge in [-0.05, 0) is 37.3 Å². The number of anilines is 3. The average Bonchev–Trinajstić information content (AvgIpc) is 3.08.